The summed E-state index contributed by atoms with van der Waals surface area (Å²) in [6.45, 7) is 8.28. The maximum absolute atomic E-state index is 12.4. The second-order valence-corrected chi connectivity index (χ2v) is 5.50. The molecule has 0 spiro atoms. The van der Waals surface area contributed by atoms with Crippen molar-refractivity contribution >= 4 is 5.91 Å². The van der Waals surface area contributed by atoms with Crippen molar-refractivity contribution in [2.45, 2.75) is 33.6 Å². The molecule has 1 saturated heterocycles. The summed E-state index contributed by atoms with van der Waals surface area (Å²) in [4.78, 5) is 17.5. The van der Waals surface area contributed by atoms with Gasteiger partial charge in [0.25, 0.3) is 5.91 Å². The highest BCUT2D eigenvalue weighted by Crippen LogP contribution is 2.22. The Bertz CT molecular complexity index is 397. The van der Waals surface area contributed by atoms with E-state index in [-0.39, 0.29) is 5.91 Å². The van der Waals surface area contributed by atoms with Crippen molar-refractivity contribution in [1.29, 1.82) is 0 Å². The highest BCUT2D eigenvalue weighted by atomic mass is 16.2. The number of aromatic amines is 1. The molecular weight excluding hydrogens is 212 g/mol. The van der Waals surface area contributed by atoms with Gasteiger partial charge in [-0.1, -0.05) is 13.8 Å². The molecule has 1 fully saturated rings. The first kappa shape index (κ1) is 12.2. The summed E-state index contributed by atoms with van der Waals surface area (Å²) in [6.07, 6.45) is 4.20. The van der Waals surface area contributed by atoms with Gasteiger partial charge >= 0.3 is 0 Å². The van der Waals surface area contributed by atoms with E-state index in [1.807, 2.05) is 24.1 Å². The van der Waals surface area contributed by atoms with Crippen molar-refractivity contribution in [3.63, 3.8) is 0 Å². The second kappa shape index (κ2) is 4.94. The minimum Gasteiger partial charge on any atom is -0.365 e. The summed E-state index contributed by atoms with van der Waals surface area (Å²) in [5.74, 6) is 1.52. The minimum atomic E-state index is 0.185. The van der Waals surface area contributed by atoms with Gasteiger partial charge in [-0.05, 0) is 37.7 Å². The third-order valence-electron chi connectivity index (χ3n) is 3.70. The maximum atomic E-state index is 12.4. The van der Waals surface area contributed by atoms with Crippen molar-refractivity contribution in [3.05, 3.63) is 23.5 Å². The van der Waals surface area contributed by atoms with Crippen molar-refractivity contribution in [1.82, 2.24) is 9.88 Å². The normalized spacial score (nSPS) is 25.7. The molecule has 17 heavy (non-hydrogen) atoms. The third kappa shape index (κ3) is 2.71. The fourth-order valence-corrected chi connectivity index (χ4v) is 2.76. The standard InChI is InChI=1S/C14H22N2O/c1-10-5-7-16(9-11(2)8-10)14(17)13-4-6-15-12(13)3/h4,6,10-11,15H,5,7-9H2,1-3H3. The zero-order valence-corrected chi connectivity index (χ0v) is 11.0. The maximum Gasteiger partial charge on any atom is 0.255 e. The van der Waals surface area contributed by atoms with Crippen LogP contribution in [0.1, 0.15) is 42.7 Å². The quantitative estimate of drug-likeness (QED) is 0.797. The molecule has 0 bridgehead atoms. The van der Waals surface area contributed by atoms with E-state index in [0.29, 0.717) is 5.92 Å². The van der Waals surface area contributed by atoms with E-state index in [0.717, 1.165) is 36.7 Å². The smallest absolute Gasteiger partial charge is 0.255 e. The molecule has 1 amide bonds. The number of nitrogens with one attached hydrogen (secondary N) is 1. The number of aromatic nitrogens is 1. The fraction of sp³-hybridized carbons (Fsp3) is 0.643. The lowest BCUT2D eigenvalue weighted by Gasteiger charge is -2.22. The van der Waals surface area contributed by atoms with Crippen LogP contribution in [0, 0.1) is 18.8 Å². The summed E-state index contributed by atoms with van der Waals surface area (Å²) in [7, 11) is 0. The number of likely N-dealkylation sites (tertiary alicyclic amines) is 1. The SMILES string of the molecule is Cc1[nH]ccc1C(=O)N1CCC(C)CC(C)C1. The zero-order valence-electron chi connectivity index (χ0n) is 11.0. The van der Waals surface area contributed by atoms with Crippen LogP contribution in [0.4, 0.5) is 0 Å². The van der Waals surface area contributed by atoms with Crippen molar-refractivity contribution in [3.8, 4) is 0 Å². The monoisotopic (exact) mass is 234 g/mol. The molecule has 3 nitrogen and oxygen atoms in total. The van der Waals surface area contributed by atoms with Crippen LogP contribution in [-0.2, 0) is 0 Å². The topological polar surface area (TPSA) is 36.1 Å². The van der Waals surface area contributed by atoms with Gasteiger partial charge in [-0.3, -0.25) is 4.79 Å². The summed E-state index contributed by atoms with van der Waals surface area (Å²) in [5, 5.41) is 0. The lowest BCUT2D eigenvalue weighted by Crippen LogP contribution is -2.34. The Balaban J connectivity index is 2.12. The van der Waals surface area contributed by atoms with Gasteiger partial charge in [-0.2, -0.15) is 0 Å². The summed E-state index contributed by atoms with van der Waals surface area (Å²) < 4.78 is 0. The molecular formula is C14H22N2O. The molecule has 1 aromatic rings. The number of rotatable bonds is 1. The summed E-state index contributed by atoms with van der Waals surface area (Å²) in [5.41, 5.74) is 1.80. The first-order chi connectivity index (χ1) is 8.08. The number of carbonyl (C=O) groups is 1. The number of nitrogens with zero attached hydrogens (tertiary/aromatic N) is 1. The van der Waals surface area contributed by atoms with E-state index < -0.39 is 0 Å². The van der Waals surface area contributed by atoms with Gasteiger partial charge in [0.2, 0.25) is 0 Å². The van der Waals surface area contributed by atoms with E-state index in [2.05, 4.69) is 18.8 Å². The average Bonchev–Trinajstić information content (AvgIpc) is 2.61. The van der Waals surface area contributed by atoms with Gasteiger partial charge in [0.1, 0.15) is 0 Å². The van der Waals surface area contributed by atoms with E-state index in [1.165, 1.54) is 6.42 Å². The molecule has 2 heterocycles. The number of amides is 1. The Morgan fingerprint density at radius 1 is 1.41 bits per heavy atom. The van der Waals surface area contributed by atoms with Gasteiger partial charge in [0.15, 0.2) is 0 Å². The molecule has 0 radical (unpaired) electrons. The van der Waals surface area contributed by atoms with Gasteiger partial charge in [-0.25, -0.2) is 0 Å². The molecule has 2 rings (SSSR count). The third-order valence-corrected chi connectivity index (χ3v) is 3.70. The van der Waals surface area contributed by atoms with Crippen LogP contribution in [0.25, 0.3) is 0 Å². The molecule has 2 unspecified atom stereocenters. The minimum absolute atomic E-state index is 0.185. The predicted molar refractivity (Wildman–Crippen MR) is 69.0 cm³/mol. The largest absolute Gasteiger partial charge is 0.365 e. The molecule has 0 aromatic carbocycles. The van der Waals surface area contributed by atoms with Crippen LogP contribution in [0.2, 0.25) is 0 Å². The lowest BCUT2D eigenvalue weighted by molar-refractivity contribution is 0.0744. The Morgan fingerprint density at radius 3 is 2.82 bits per heavy atom. The van der Waals surface area contributed by atoms with E-state index in [1.54, 1.807) is 0 Å². The van der Waals surface area contributed by atoms with Crippen molar-refractivity contribution < 1.29 is 4.79 Å². The van der Waals surface area contributed by atoms with E-state index in [9.17, 15) is 4.79 Å². The number of hydrogen-bond donors (Lipinski definition) is 1. The highest BCUT2D eigenvalue weighted by molar-refractivity contribution is 5.95. The Morgan fingerprint density at radius 2 is 2.18 bits per heavy atom. The predicted octanol–water partition coefficient (Wildman–Crippen LogP) is 2.83. The fourth-order valence-electron chi connectivity index (χ4n) is 2.76. The van der Waals surface area contributed by atoms with Gasteiger partial charge in [0, 0.05) is 25.0 Å². The van der Waals surface area contributed by atoms with Gasteiger partial charge in [-0.15, -0.1) is 0 Å². The van der Waals surface area contributed by atoms with Crippen molar-refractivity contribution in [2.75, 3.05) is 13.1 Å². The Kier molecular flexibility index (Phi) is 3.55. The summed E-state index contributed by atoms with van der Waals surface area (Å²) in [6, 6.07) is 1.89. The summed E-state index contributed by atoms with van der Waals surface area (Å²) >= 11 is 0. The number of H-pyrrole nitrogens is 1. The van der Waals surface area contributed by atoms with E-state index in [4.69, 9.17) is 0 Å². The van der Waals surface area contributed by atoms with E-state index >= 15 is 0 Å². The second-order valence-electron chi connectivity index (χ2n) is 5.50. The number of hydrogen-bond acceptors (Lipinski definition) is 1. The van der Waals surface area contributed by atoms with Crippen molar-refractivity contribution in [2.24, 2.45) is 11.8 Å². The molecule has 0 aliphatic carbocycles. The Hall–Kier alpha value is -1.25. The highest BCUT2D eigenvalue weighted by Gasteiger charge is 2.24. The van der Waals surface area contributed by atoms with Crippen LogP contribution < -0.4 is 0 Å². The molecule has 2 atom stereocenters. The molecule has 0 saturated carbocycles. The molecule has 1 aromatic heterocycles. The molecule has 94 valence electrons. The number of aryl methyl sites for hydroxylation is 1. The lowest BCUT2D eigenvalue weighted by atomic mass is 9.97. The van der Waals surface area contributed by atoms with Gasteiger partial charge < -0.3 is 9.88 Å². The zero-order chi connectivity index (χ0) is 12.4. The first-order valence-corrected chi connectivity index (χ1v) is 6.51. The molecule has 1 aliphatic rings. The number of carbonyl (C=O) groups excluding carboxylic acids is 1. The molecule has 1 N–H and O–H groups in total. The Labute approximate surface area is 103 Å². The van der Waals surface area contributed by atoms with Crippen LogP contribution in [0.5, 0.6) is 0 Å². The molecule has 1 aliphatic heterocycles. The van der Waals surface area contributed by atoms with Gasteiger partial charge in [0.05, 0.1) is 5.56 Å². The van der Waals surface area contributed by atoms with Crippen LogP contribution in [-0.4, -0.2) is 28.9 Å². The van der Waals surface area contributed by atoms with Crippen LogP contribution in [0.3, 0.4) is 0 Å². The average molecular weight is 234 g/mol. The van der Waals surface area contributed by atoms with Crippen LogP contribution in [0.15, 0.2) is 12.3 Å². The first-order valence-electron chi connectivity index (χ1n) is 6.51. The van der Waals surface area contributed by atoms with Crippen LogP contribution >= 0.6 is 0 Å². The molecule has 3 heteroatoms.